The number of hydrogen-bond acceptors (Lipinski definition) is 5. The lowest BCUT2D eigenvalue weighted by molar-refractivity contribution is 0.196. The van der Waals surface area contributed by atoms with E-state index in [0.29, 0.717) is 22.8 Å². The maximum atomic E-state index is 6.13. The topological polar surface area (TPSA) is 62.3 Å². The van der Waals surface area contributed by atoms with E-state index in [1.807, 2.05) is 0 Å². The van der Waals surface area contributed by atoms with Crippen LogP contribution in [0.1, 0.15) is 26.2 Å². The molecule has 0 amide bonds. The molecule has 2 N–H and O–H groups in total. The van der Waals surface area contributed by atoms with Crippen LogP contribution in [0.15, 0.2) is 6.07 Å². The average Bonchev–Trinajstić information content (AvgIpc) is 2.51. The van der Waals surface area contributed by atoms with Gasteiger partial charge in [0.1, 0.15) is 11.0 Å². The first-order valence-electron chi connectivity index (χ1n) is 7.92. The number of rotatable bonds is 6. The molecule has 0 aliphatic carbocycles. The Hall–Kier alpha value is -1.18. The van der Waals surface area contributed by atoms with Gasteiger partial charge in [0.2, 0.25) is 5.95 Å². The van der Waals surface area contributed by atoms with Gasteiger partial charge in [0.25, 0.3) is 0 Å². The largest absolute Gasteiger partial charge is 0.385 e. The number of thiocarbonyl (C=S) groups is 1. The number of halogens is 1. The van der Waals surface area contributed by atoms with Crippen LogP contribution in [-0.4, -0.2) is 48.4 Å². The van der Waals surface area contributed by atoms with Gasteiger partial charge in [-0.05, 0) is 37.4 Å². The fourth-order valence-corrected chi connectivity index (χ4v) is 2.80. The molecule has 2 heterocycles. The Bertz CT molecular complexity index is 523. The van der Waals surface area contributed by atoms with Crippen molar-refractivity contribution in [3.63, 3.8) is 0 Å². The number of nitrogens with one attached hydrogen (secondary N) is 2. The van der Waals surface area contributed by atoms with Gasteiger partial charge in [0.05, 0.1) is 0 Å². The van der Waals surface area contributed by atoms with Gasteiger partial charge in [-0.1, -0.05) is 18.5 Å². The molecule has 2 rings (SSSR count). The molecule has 6 nitrogen and oxygen atoms in total. The minimum Gasteiger partial charge on any atom is -0.385 e. The molecule has 0 bridgehead atoms. The number of aromatic nitrogens is 2. The monoisotopic (exact) mass is 357 g/mol. The van der Waals surface area contributed by atoms with E-state index >= 15 is 0 Å². The van der Waals surface area contributed by atoms with Crippen molar-refractivity contribution in [2.75, 3.05) is 43.6 Å². The summed E-state index contributed by atoms with van der Waals surface area (Å²) in [6.07, 6.45) is 3.22. The summed E-state index contributed by atoms with van der Waals surface area (Å²) >= 11 is 11.4. The van der Waals surface area contributed by atoms with Gasteiger partial charge in [0.15, 0.2) is 5.11 Å². The molecule has 0 unspecified atom stereocenters. The summed E-state index contributed by atoms with van der Waals surface area (Å²) in [4.78, 5) is 11.0. The fourth-order valence-electron chi connectivity index (χ4n) is 2.43. The molecular formula is C15H24ClN5OS. The second kappa shape index (κ2) is 9.20. The van der Waals surface area contributed by atoms with E-state index < -0.39 is 0 Å². The fraction of sp³-hybridized carbons (Fsp3) is 0.667. The maximum absolute atomic E-state index is 6.13. The minimum atomic E-state index is 0.415. The van der Waals surface area contributed by atoms with Gasteiger partial charge >= 0.3 is 0 Å². The van der Waals surface area contributed by atoms with Crippen molar-refractivity contribution in [1.82, 2.24) is 15.3 Å². The number of anilines is 2. The van der Waals surface area contributed by atoms with Crippen molar-refractivity contribution in [2.45, 2.75) is 26.2 Å². The lowest BCUT2D eigenvalue weighted by atomic mass is 9.99. The Morgan fingerprint density at radius 1 is 1.43 bits per heavy atom. The standard InChI is InChI=1S/C15H24ClN5OS/c1-11-4-7-21(8-5-11)13-10-12(16)18-14(19-13)20-15(23)17-6-3-9-22-2/h10-11H,3-9H2,1-2H3,(H2,17,18,19,20,23). The number of methoxy groups -OCH3 is 1. The molecule has 0 radical (unpaired) electrons. The quantitative estimate of drug-likeness (QED) is 0.461. The van der Waals surface area contributed by atoms with Gasteiger partial charge in [-0.15, -0.1) is 0 Å². The highest BCUT2D eigenvalue weighted by molar-refractivity contribution is 7.80. The predicted molar refractivity (Wildman–Crippen MR) is 98.4 cm³/mol. The molecule has 0 aromatic carbocycles. The Labute approximate surface area is 148 Å². The van der Waals surface area contributed by atoms with E-state index in [2.05, 4.69) is 32.4 Å². The second-order valence-electron chi connectivity index (χ2n) is 5.77. The molecule has 1 aromatic rings. The summed E-state index contributed by atoms with van der Waals surface area (Å²) in [6.45, 7) is 5.70. The van der Waals surface area contributed by atoms with E-state index in [-0.39, 0.29) is 0 Å². The van der Waals surface area contributed by atoms with Crippen LogP contribution >= 0.6 is 23.8 Å². The number of piperidine rings is 1. The van der Waals surface area contributed by atoms with E-state index in [0.717, 1.165) is 37.8 Å². The molecule has 8 heteroatoms. The van der Waals surface area contributed by atoms with Crippen molar-refractivity contribution < 1.29 is 4.74 Å². The van der Waals surface area contributed by atoms with Crippen LogP contribution in [0.25, 0.3) is 0 Å². The lowest BCUT2D eigenvalue weighted by Gasteiger charge is -2.31. The van der Waals surface area contributed by atoms with Crippen molar-refractivity contribution >= 4 is 40.7 Å². The predicted octanol–water partition coefficient (Wildman–Crippen LogP) is 2.69. The van der Waals surface area contributed by atoms with Crippen LogP contribution in [0.2, 0.25) is 5.15 Å². The van der Waals surface area contributed by atoms with Crippen molar-refractivity contribution in [3.8, 4) is 0 Å². The number of ether oxygens (including phenoxy) is 1. The highest BCUT2D eigenvalue weighted by Gasteiger charge is 2.18. The van der Waals surface area contributed by atoms with Gasteiger partial charge in [-0.2, -0.15) is 4.98 Å². The molecule has 128 valence electrons. The maximum Gasteiger partial charge on any atom is 0.232 e. The zero-order valence-electron chi connectivity index (χ0n) is 13.6. The molecule has 0 atom stereocenters. The summed E-state index contributed by atoms with van der Waals surface area (Å²) in [5, 5.41) is 6.99. The molecular weight excluding hydrogens is 334 g/mol. The third kappa shape index (κ3) is 6.08. The molecule has 1 aromatic heterocycles. The van der Waals surface area contributed by atoms with Crippen LogP contribution in [0, 0.1) is 5.92 Å². The summed E-state index contributed by atoms with van der Waals surface area (Å²) in [5.41, 5.74) is 0. The molecule has 23 heavy (non-hydrogen) atoms. The van der Waals surface area contributed by atoms with Crippen LogP contribution in [0.5, 0.6) is 0 Å². The number of hydrogen-bond donors (Lipinski definition) is 2. The van der Waals surface area contributed by atoms with Crippen LogP contribution < -0.4 is 15.5 Å². The van der Waals surface area contributed by atoms with Crippen LogP contribution in [0.3, 0.4) is 0 Å². The zero-order valence-corrected chi connectivity index (χ0v) is 15.2. The highest BCUT2D eigenvalue weighted by atomic mass is 35.5. The molecule has 1 aliphatic heterocycles. The van der Waals surface area contributed by atoms with E-state index in [1.54, 1.807) is 13.2 Å². The van der Waals surface area contributed by atoms with E-state index in [4.69, 9.17) is 28.6 Å². The van der Waals surface area contributed by atoms with Crippen LogP contribution in [0.4, 0.5) is 11.8 Å². The first-order chi connectivity index (χ1) is 11.1. The normalized spacial score (nSPS) is 15.5. The summed E-state index contributed by atoms with van der Waals surface area (Å²) in [6, 6.07) is 1.80. The minimum absolute atomic E-state index is 0.415. The lowest BCUT2D eigenvalue weighted by Crippen LogP contribution is -2.34. The third-order valence-electron chi connectivity index (χ3n) is 3.83. The van der Waals surface area contributed by atoms with Crippen molar-refractivity contribution in [3.05, 3.63) is 11.2 Å². The first-order valence-corrected chi connectivity index (χ1v) is 8.70. The van der Waals surface area contributed by atoms with E-state index in [1.165, 1.54) is 12.8 Å². The number of nitrogens with zero attached hydrogens (tertiary/aromatic N) is 3. The molecule has 0 saturated carbocycles. The van der Waals surface area contributed by atoms with Gasteiger partial charge in [-0.3, -0.25) is 0 Å². The Balaban J connectivity index is 1.93. The summed E-state index contributed by atoms with van der Waals surface area (Å²) < 4.78 is 5.00. The zero-order chi connectivity index (χ0) is 16.7. The Morgan fingerprint density at radius 3 is 2.87 bits per heavy atom. The summed E-state index contributed by atoms with van der Waals surface area (Å²) in [5.74, 6) is 2.04. The van der Waals surface area contributed by atoms with E-state index in [9.17, 15) is 0 Å². The molecule has 1 aliphatic rings. The summed E-state index contributed by atoms with van der Waals surface area (Å²) in [7, 11) is 1.68. The van der Waals surface area contributed by atoms with Crippen molar-refractivity contribution in [2.24, 2.45) is 5.92 Å². The van der Waals surface area contributed by atoms with Gasteiger partial charge in [0, 0.05) is 39.4 Å². The molecule has 0 spiro atoms. The van der Waals surface area contributed by atoms with Crippen LogP contribution in [-0.2, 0) is 4.74 Å². The second-order valence-corrected chi connectivity index (χ2v) is 6.56. The third-order valence-corrected chi connectivity index (χ3v) is 4.27. The van der Waals surface area contributed by atoms with Gasteiger partial charge < -0.3 is 20.3 Å². The average molecular weight is 358 g/mol. The van der Waals surface area contributed by atoms with Crippen molar-refractivity contribution in [1.29, 1.82) is 0 Å². The molecule has 1 fully saturated rings. The Morgan fingerprint density at radius 2 is 2.17 bits per heavy atom. The van der Waals surface area contributed by atoms with Gasteiger partial charge in [-0.25, -0.2) is 4.98 Å². The highest BCUT2D eigenvalue weighted by Crippen LogP contribution is 2.24. The first kappa shape index (κ1) is 18.2. The Kier molecular flexibility index (Phi) is 7.26. The SMILES string of the molecule is COCCCNC(=S)Nc1nc(Cl)cc(N2CCC(C)CC2)n1. The smallest absolute Gasteiger partial charge is 0.232 e. The molecule has 1 saturated heterocycles.